The summed E-state index contributed by atoms with van der Waals surface area (Å²) in [6.07, 6.45) is 4.16. The summed E-state index contributed by atoms with van der Waals surface area (Å²) in [5, 5.41) is 0. The van der Waals surface area contributed by atoms with Crippen LogP contribution in [-0.2, 0) is 0 Å². The predicted molar refractivity (Wildman–Crippen MR) is 78.5 cm³/mol. The van der Waals surface area contributed by atoms with Gasteiger partial charge in [0.25, 0.3) is 0 Å². The van der Waals surface area contributed by atoms with E-state index < -0.39 is 0 Å². The Morgan fingerprint density at radius 1 is 1.26 bits per heavy atom. The lowest BCUT2D eigenvalue weighted by Crippen LogP contribution is -2.18. The number of hydrogen-bond acceptors (Lipinski definition) is 3. The number of rotatable bonds is 4. The van der Waals surface area contributed by atoms with Gasteiger partial charge in [0.1, 0.15) is 0 Å². The zero-order chi connectivity index (χ0) is 13.7. The molecule has 3 heteroatoms. The van der Waals surface area contributed by atoms with Crippen LogP contribution < -0.4 is 5.73 Å². The first-order valence-corrected chi connectivity index (χ1v) is 7.22. The summed E-state index contributed by atoms with van der Waals surface area (Å²) < 4.78 is 0. The normalized spacial score (nSPS) is 21.1. The summed E-state index contributed by atoms with van der Waals surface area (Å²) in [6.45, 7) is 2.79. The molecule has 2 N–H and O–H groups in total. The van der Waals surface area contributed by atoms with Crippen LogP contribution in [0.2, 0.25) is 0 Å². The molecule has 1 unspecified atom stereocenters. The van der Waals surface area contributed by atoms with E-state index in [2.05, 4.69) is 24.1 Å². The van der Waals surface area contributed by atoms with Gasteiger partial charge in [-0.3, -0.25) is 4.79 Å². The van der Waals surface area contributed by atoms with Gasteiger partial charge in [0, 0.05) is 12.0 Å². The fourth-order valence-electron chi connectivity index (χ4n) is 2.79. The number of ketones is 1. The van der Waals surface area contributed by atoms with Crippen LogP contribution in [0, 0.1) is 0 Å². The lowest BCUT2D eigenvalue weighted by atomic mass is 9.91. The molecule has 2 rings (SSSR count). The summed E-state index contributed by atoms with van der Waals surface area (Å²) >= 11 is 0. The molecule has 1 fully saturated rings. The molecule has 1 aliphatic rings. The Balaban J connectivity index is 2.03. The molecule has 1 heterocycles. The standard InChI is InChI=1S/C16H24N2O/c1-18-11-2-3-13(9-12-18)14-4-6-15(7-5-14)16(19)8-10-17/h4-7,13H,2-3,8-12,17H2,1H3. The lowest BCUT2D eigenvalue weighted by molar-refractivity contribution is 0.0985. The fraction of sp³-hybridized carbons (Fsp3) is 0.562. The van der Waals surface area contributed by atoms with Gasteiger partial charge in [0.2, 0.25) is 0 Å². The van der Waals surface area contributed by atoms with E-state index in [9.17, 15) is 4.79 Å². The molecule has 0 aliphatic carbocycles. The van der Waals surface area contributed by atoms with Gasteiger partial charge in [-0.2, -0.15) is 0 Å². The topological polar surface area (TPSA) is 46.3 Å². The summed E-state index contributed by atoms with van der Waals surface area (Å²) in [5.74, 6) is 0.790. The highest BCUT2D eigenvalue weighted by molar-refractivity contribution is 5.96. The maximum absolute atomic E-state index is 11.7. The van der Waals surface area contributed by atoms with Crippen molar-refractivity contribution in [3.8, 4) is 0 Å². The smallest absolute Gasteiger partial charge is 0.164 e. The van der Waals surface area contributed by atoms with Crippen LogP contribution in [0.3, 0.4) is 0 Å². The number of Topliss-reactive ketones (excluding diaryl/α,β-unsaturated/α-hetero) is 1. The Morgan fingerprint density at radius 3 is 2.68 bits per heavy atom. The highest BCUT2D eigenvalue weighted by atomic mass is 16.1. The Morgan fingerprint density at radius 2 is 2.00 bits per heavy atom. The molecule has 104 valence electrons. The summed E-state index contributed by atoms with van der Waals surface area (Å²) in [6, 6.07) is 8.17. The van der Waals surface area contributed by atoms with Crippen molar-refractivity contribution in [3.05, 3.63) is 35.4 Å². The second-order valence-electron chi connectivity index (χ2n) is 5.51. The number of likely N-dealkylation sites (tertiary alicyclic amines) is 1. The molecule has 0 aromatic heterocycles. The van der Waals surface area contributed by atoms with E-state index in [1.807, 2.05) is 12.1 Å². The van der Waals surface area contributed by atoms with E-state index in [-0.39, 0.29) is 5.78 Å². The van der Waals surface area contributed by atoms with Crippen molar-refractivity contribution in [2.45, 2.75) is 31.6 Å². The Labute approximate surface area is 115 Å². The van der Waals surface area contributed by atoms with E-state index in [0.29, 0.717) is 18.9 Å². The average Bonchev–Trinajstić information content (AvgIpc) is 2.64. The molecule has 0 amide bonds. The number of hydrogen-bond donors (Lipinski definition) is 1. The maximum atomic E-state index is 11.7. The van der Waals surface area contributed by atoms with Gasteiger partial charge >= 0.3 is 0 Å². The third-order valence-corrected chi connectivity index (χ3v) is 4.03. The second-order valence-corrected chi connectivity index (χ2v) is 5.51. The van der Waals surface area contributed by atoms with Gasteiger partial charge in [-0.25, -0.2) is 0 Å². The van der Waals surface area contributed by atoms with Crippen molar-refractivity contribution in [1.29, 1.82) is 0 Å². The van der Waals surface area contributed by atoms with Crippen LogP contribution in [0.1, 0.15) is 47.5 Å². The molecule has 1 aromatic rings. The Bertz CT molecular complexity index is 413. The quantitative estimate of drug-likeness (QED) is 0.846. The first-order chi connectivity index (χ1) is 9.20. The number of carbonyl (C=O) groups excluding carboxylic acids is 1. The average molecular weight is 260 g/mol. The van der Waals surface area contributed by atoms with E-state index in [4.69, 9.17) is 5.73 Å². The summed E-state index contributed by atoms with van der Waals surface area (Å²) in [4.78, 5) is 14.1. The SMILES string of the molecule is CN1CCCC(c2ccc(C(=O)CCN)cc2)CC1. The molecule has 1 atom stereocenters. The Hall–Kier alpha value is -1.19. The van der Waals surface area contributed by atoms with Crippen molar-refractivity contribution in [1.82, 2.24) is 4.90 Å². The molecule has 0 radical (unpaired) electrons. The molecule has 19 heavy (non-hydrogen) atoms. The van der Waals surface area contributed by atoms with Crippen LogP contribution in [0.25, 0.3) is 0 Å². The van der Waals surface area contributed by atoms with Crippen molar-refractivity contribution in [3.63, 3.8) is 0 Å². The van der Waals surface area contributed by atoms with Crippen molar-refractivity contribution >= 4 is 5.78 Å². The van der Waals surface area contributed by atoms with Crippen molar-refractivity contribution < 1.29 is 4.79 Å². The molecular weight excluding hydrogens is 236 g/mol. The fourth-order valence-corrected chi connectivity index (χ4v) is 2.79. The summed E-state index contributed by atoms with van der Waals surface area (Å²) in [7, 11) is 2.19. The van der Waals surface area contributed by atoms with E-state index >= 15 is 0 Å². The van der Waals surface area contributed by atoms with Gasteiger partial charge in [0.15, 0.2) is 5.78 Å². The molecular formula is C16H24N2O. The zero-order valence-electron chi connectivity index (χ0n) is 11.8. The minimum absolute atomic E-state index is 0.148. The molecule has 0 bridgehead atoms. The minimum Gasteiger partial charge on any atom is -0.330 e. The number of carbonyl (C=O) groups is 1. The summed E-state index contributed by atoms with van der Waals surface area (Å²) in [5.41, 5.74) is 7.58. The van der Waals surface area contributed by atoms with Gasteiger partial charge in [-0.1, -0.05) is 24.3 Å². The molecule has 0 saturated carbocycles. The van der Waals surface area contributed by atoms with Crippen LogP contribution in [0.5, 0.6) is 0 Å². The van der Waals surface area contributed by atoms with Crippen LogP contribution in [-0.4, -0.2) is 37.4 Å². The minimum atomic E-state index is 0.148. The molecule has 1 saturated heterocycles. The molecule has 3 nitrogen and oxygen atoms in total. The largest absolute Gasteiger partial charge is 0.330 e. The zero-order valence-corrected chi connectivity index (χ0v) is 11.8. The monoisotopic (exact) mass is 260 g/mol. The van der Waals surface area contributed by atoms with Crippen molar-refractivity contribution in [2.24, 2.45) is 5.73 Å². The van der Waals surface area contributed by atoms with Gasteiger partial charge in [0.05, 0.1) is 0 Å². The first kappa shape index (κ1) is 14.2. The first-order valence-electron chi connectivity index (χ1n) is 7.22. The lowest BCUT2D eigenvalue weighted by Gasteiger charge is -2.15. The number of nitrogens with two attached hydrogens (primary N) is 1. The highest BCUT2D eigenvalue weighted by Gasteiger charge is 2.16. The highest BCUT2D eigenvalue weighted by Crippen LogP contribution is 2.27. The third kappa shape index (κ3) is 3.88. The van der Waals surface area contributed by atoms with E-state index in [1.165, 1.54) is 37.9 Å². The maximum Gasteiger partial charge on any atom is 0.164 e. The molecule has 1 aliphatic heterocycles. The van der Waals surface area contributed by atoms with Crippen LogP contribution in [0.4, 0.5) is 0 Å². The van der Waals surface area contributed by atoms with Gasteiger partial charge < -0.3 is 10.6 Å². The second kappa shape index (κ2) is 6.83. The number of nitrogens with zero attached hydrogens (tertiary/aromatic N) is 1. The van der Waals surface area contributed by atoms with Crippen LogP contribution >= 0.6 is 0 Å². The molecule has 1 aromatic carbocycles. The Kier molecular flexibility index (Phi) is 5.11. The van der Waals surface area contributed by atoms with E-state index in [1.54, 1.807) is 0 Å². The van der Waals surface area contributed by atoms with Crippen molar-refractivity contribution in [2.75, 3.05) is 26.7 Å². The van der Waals surface area contributed by atoms with Crippen LogP contribution in [0.15, 0.2) is 24.3 Å². The van der Waals surface area contributed by atoms with Gasteiger partial charge in [-0.15, -0.1) is 0 Å². The van der Waals surface area contributed by atoms with E-state index in [0.717, 1.165) is 5.56 Å². The number of benzene rings is 1. The predicted octanol–water partition coefficient (Wildman–Crippen LogP) is 2.42. The molecule has 0 spiro atoms. The van der Waals surface area contributed by atoms with Gasteiger partial charge in [-0.05, 0) is 57.4 Å². The third-order valence-electron chi connectivity index (χ3n) is 4.03.